The molecule has 0 amide bonds. The molecule has 20 heavy (non-hydrogen) atoms. The molecule has 0 saturated carbocycles. The topological polar surface area (TPSA) is 26.5 Å². The van der Waals surface area contributed by atoms with E-state index in [9.17, 15) is 0 Å². The number of imidazole rings is 1. The van der Waals surface area contributed by atoms with E-state index in [1.807, 2.05) is 43.5 Å². The molecule has 2 heterocycles. The molecule has 1 aromatic carbocycles. The maximum Gasteiger partial charge on any atom is 0.180 e. The van der Waals surface area contributed by atoms with Crippen molar-refractivity contribution in [3.8, 4) is 5.75 Å². The summed E-state index contributed by atoms with van der Waals surface area (Å²) in [6.45, 7) is 4.76. The standard InChI is InChI=1S/C17H18N2O/c1-3-15-13(2)18-17-16(10-7-11-19(15)17)20-12-14-8-5-4-6-9-14/h4-11H,3,12H2,1-2H3. The predicted octanol–water partition coefficient (Wildman–Crippen LogP) is 3.78. The summed E-state index contributed by atoms with van der Waals surface area (Å²) >= 11 is 0. The van der Waals surface area contributed by atoms with Crippen molar-refractivity contribution in [3.05, 3.63) is 65.6 Å². The van der Waals surface area contributed by atoms with Gasteiger partial charge in [-0.1, -0.05) is 37.3 Å². The molecule has 0 atom stereocenters. The Morgan fingerprint density at radius 1 is 1.10 bits per heavy atom. The number of aromatic nitrogens is 2. The van der Waals surface area contributed by atoms with Gasteiger partial charge in [0, 0.05) is 11.9 Å². The van der Waals surface area contributed by atoms with Crippen molar-refractivity contribution >= 4 is 5.65 Å². The Kier molecular flexibility index (Phi) is 3.42. The summed E-state index contributed by atoms with van der Waals surface area (Å²) in [5.41, 5.74) is 4.37. The lowest BCUT2D eigenvalue weighted by atomic mass is 10.2. The van der Waals surface area contributed by atoms with Crippen molar-refractivity contribution in [1.82, 2.24) is 9.38 Å². The molecule has 0 radical (unpaired) electrons. The Morgan fingerprint density at radius 3 is 2.65 bits per heavy atom. The molecule has 0 bridgehead atoms. The summed E-state index contributed by atoms with van der Waals surface area (Å²) in [5, 5.41) is 0. The molecule has 0 N–H and O–H groups in total. The zero-order chi connectivity index (χ0) is 13.9. The van der Waals surface area contributed by atoms with Gasteiger partial charge < -0.3 is 9.14 Å². The zero-order valence-corrected chi connectivity index (χ0v) is 11.8. The molecule has 0 aliphatic heterocycles. The van der Waals surface area contributed by atoms with Crippen LogP contribution in [-0.4, -0.2) is 9.38 Å². The largest absolute Gasteiger partial charge is 0.485 e. The summed E-state index contributed by atoms with van der Waals surface area (Å²) < 4.78 is 8.06. The molecule has 0 aliphatic carbocycles. The van der Waals surface area contributed by atoms with Gasteiger partial charge in [0.15, 0.2) is 11.4 Å². The monoisotopic (exact) mass is 266 g/mol. The fraction of sp³-hybridized carbons (Fsp3) is 0.235. The van der Waals surface area contributed by atoms with Gasteiger partial charge in [-0.05, 0) is 31.0 Å². The lowest BCUT2D eigenvalue weighted by molar-refractivity contribution is 0.308. The third-order valence-electron chi connectivity index (χ3n) is 3.49. The van der Waals surface area contributed by atoms with Crippen LogP contribution in [0.5, 0.6) is 5.75 Å². The smallest absolute Gasteiger partial charge is 0.180 e. The van der Waals surface area contributed by atoms with Crippen LogP contribution in [0.25, 0.3) is 5.65 Å². The molecule has 0 unspecified atom stereocenters. The Bertz CT molecular complexity index is 716. The quantitative estimate of drug-likeness (QED) is 0.718. The molecule has 102 valence electrons. The summed E-state index contributed by atoms with van der Waals surface area (Å²) in [6.07, 6.45) is 3.01. The van der Waals surface area contributed by atoms with Gasteiger partial charge in [-0.15, -0.1) is 0 Å². The molecule has 2 aromatic heterocycles. The van der Waals surface area contributed by atoms with Crippen LogP contribution in [0.4, 0.5) is 0 Å². The molecule has 3 aromatic rings. The van der Waals surface area contributed by atoms with Gasteiger partial charge in [-0.25, -0.2) is 4.98 Å². The number of fused-ring (bicyclic) bond motifs is 1. The van der Waals surface area contributed by atoms with E-state index < -0.39 is 0 Å². The number of hydrogen-bond donors (Lipinski definition) is 0. The number of aryl methyl sites for hydroxylation is 2. The third kappa shape index (κ3) is 2.27. The second-order valence-corrected chi connectivity index (χ2v) is 4.84. The van der Waals surface area contributed by atoms with Crippen molar-refractivity contribution in [3.63, 3.8) is 0 Å². The minimum atomic E-state index is 0.563. The van der Waals surface area contributed by atoms with Crippen LogP contribution in [0.3, 0.4) is 0 Å². The van der Waals surface area contributed by atoms with Gasteiger partial charge in [-0.2, -0.15) is 0 Å². The van der Waals surface area contributed by atoms with E-state index in [1.165, 1.54) is 5.69 Å². The molecule has 3 nitrogen and oxygen atoms in total. The highest BCUT2D eigenvalue weighted by atomic mass is 16.5. The molecule has 0 aliphatic rings. The molecule has 3 heteroatoms. The van der Waals surface area contributed by atoms with Gasteiger partial charge in [0.1, 0.15) is 6.61 Å². The SMILES string of the molecule is CCc1c(C)nc2c(OCc3ccccc3)cccn12. The lowest BCUT2D eigenvalue weighted by Crippen LogP contribution is -1.98. The number of ether oxygens (including phenoxy) is 1. The Morgan fingerprint density at radius 2 is 1.90 bits per heavy atom. The van der Waals surface area contributed by atoms with Crippen LogP contribution >= 0.6 is 0 Å². The number of hydrogen-bond acceptors (Lipinski definition) is 2. The van der Waals surface area contributed by atoms with Crippen molar-refractivity contribution in [2.45, 2.75) is 26.9 Å². The molecule has 0 saturated heterocycles. The highest BCUT2D eigenvalue weighted by Crippen LogP contribution is 2.23. The number of nitrogens with zero attached hydrogens (tertiary/aromatic N) is 2. The van der Waals surface area contributed by atoms with Crippen molar-refractivity contribution in [1.29, 1.82) is 0 Å². The number of pyridine rings is 1. The molecule has 0 spiro atoms. The van der Waals surface area contributed by atoms with Crippen LogP contribution in [0.1, 0.15) is 23.9 Å². The van der Waals surface area contributed by atoms with Gasteiger partial charge in [0.2, 0.25) is 0 Å². The summed E-state index contributed by atoms with van der Waals surface area (Å²) in [6, 6.07) is 14.2. The van der Waals surface area contributed by atoms with E-state index in [0.29, 0.717) is 6.61 Å². The number of benzene rings is 1. The van der Waals surface area contributed by atoms with Gasteiger partial charge >= 0.3 is 0 Å². The summed E-state index contributed by atoms with van der Waals surface area (Å²) in [7, 11) is 0. The molecular weight excluding hydrogens is 248 g/mol. The minimum Gasteiger partial charge on any atom is -0.485 e. The average molecular weight is 266 g/mol. The minimum absolute atomic E-state index is 0.563. The second kappa shape index (κ2) is 5.37. The van der Waals surface area contributed by atoms with Gasteiger partial charge in [0.25, 0.3) is 0 Å². The van der Waals surface area contributed by atoms with Crippen molar-refractivity contribution in [2.24, 2.45) is 0 Å². The summed E-state index contributed by atoms with van der Waals surface area (Å²) in [5.74, 6) is 0.833. The van der Waals surface area contributed by atoms with E-state index in [0.717, 1.165) is 29.1 Å². The Hall–Kier alpha value is -2.29. The van der Waals surface area contributed by atoms with Crippen LogP contribution in [0.2, 0.25) is 0 Å². The maximum atomic E-state index is 5.93. The first-order chi connectivity index (χ1) is 9.79. The molecule has 3 rings (SSSR count). The van der Waals surface area contributed by atoms with E-state index in [4.69, 9.17) is 4.74 Å². The first kappa shape index (κ1) is 12.7. The van der Waals surface area contributed by atoms with Crippen molar-refractivity contribution < 1.29 is 4.74 Å². The van der Waals surface area contributed by atoms with Crippen LogP contribution in [0, 0.1) is 6.92 Å². The van der Waals surface area contributed by atoms with E-state index in [1.54, 1.807) is 0 Å². The van der Waals surface area contributed by atoms with E-state index >= 15 is 0 Å². The van der Waals surface area contributed by atoms with E-state index in [2.05, 4.69) is 28.4 Å². The fourth-order valence-electron chi connectivity index (χ4n) is 2.48. The lowest BCUT2D eigenvalue weighted by Gasteiger charge is -2.08. The van der Waals surface area contributed by atoms with Crippen LogP contribution in [-0.2, 0) is 13.0 Å². The highest BCUT2D eigenvalue weighted by molar-refractivity contribution is 5.56. The fourth-order valence-corrected chi connectivity index (χ4v) is 2.48. The van der Waals surface area contributed by atoms with Crippen molar-refractivity contribution in [2.75, 3.05) is 0 Å². The first-order valence-corrected chi connectivity index (χ1v) is 6.93. The zero-order valence-electron chi connectivity index (χ0n) is 11.8. The predicted molar refractivity (Wildman–Crippen MR) is 80.1 cm³/mol. The summed E-state index contributed by atoms with van der Waals surface area (Å²) in [4.78, 5) is 4.63. The Labute approximate surface area is 118 Å². The molecule has 0 fully saturated rings. The normalized spacial score (nSPS) is 10.9. The van der Waals surface area contributed by atoms with E-state index in [-0.39, 0.29) is 0 Å². The average Bonchev–Trinajstić information content (AvgIpc) is 2.82. The highest BCUT2D eigenvalue weighted by Gasteiger charge is 2.10. The Balaban J connectivity index is 1.92. The first-order valence-electron chi connectivity index (χ1n) is 6.93. The van der Waals surface area contributed by atoms with Gasteiger partial charge in [0.05, 0.1) is 5.69 Å². The van der Waals surface area contributed by atoms with Gasteiger partial charge in [-0.3, -0.25) is 0 Å². The second-order valence-electron chi connectivity index (χ2n) is 4.84. The third-order valence-corrected chi connectivity index (χ3v) is 3.49. The van der Waals surface area contributed by atoms with Crippen LogP contribution in [0.15, 0.2) is 48.7 Å². The maximum absolute atomic E-state index is 5.93. The molecular formula is C17H18N2O. The van der Waals surface area contributed by atoms with Crippen LogP contribution < -0.4 is 4.74 Å². The number of rotatable bonds is 4.